The molecule has 1 aliphatic rings. The van der Waals surface area contributed by atoms with Crippen LogP contribution in [0.2, 0.25) is 0 Å². The lowest BCUT2D eigenvalue weighted by Gasteiger charge is -2.31. The van der Waals surface area contributed by atoms with Gasteiger partial charge in [-0.2, -0.15) is 0 Å². The molecule has 8 heteroatoms. The quantitative estimate of drug-likeness (QED) is 0.607. The first-order valence-corrected chi connectivity index (χ1v) is 11.6. The van der Waals surface area contributed by atoms with Gasteiger partial charge in [-0.25, -0.2) is 12.8 Å². The number of aryl methyl sites for hydroxylation is 1. The molecule has 1 heterocycles. The number of hydrogen-bond donors (Lipinski definition) is 1. The van der Waals surface area contributed by atoms with E-state index in [2.05, 4.69) is 5.32 Å². The van der Waals surface area contributed by atoms with Gasteiger partial charge in [-0.15, -0.1) is 0 Å². The average Bonchev–Trinajstić information content (AvgIpc) is 2.80. The van der Waals surface area contributed by atoms with Crippen LogP contribution in [0.4, 0.5) is 15.8 Å². The second kappa shape index (κ2) is 9.00. The summed E-state index contributed by atoms with van der Waals surface area (Å²) < 4.78 is 46.2. The first-order valence-electron chi connectivity index (χ1n) is 10.2. The van der Waals surface area contributed by atoms with Gasteiger partial charge in [-0.3, -0.25) is 9.10 Å². The number of rotatable bonds is 6. The maximum absolute atomic E-state index is 13.3. The van der Waals surface area contributed by atoms with Gasteiger partial charge in [0.2, 0.25) is 5.91 Å². The van der Waals surface area contributed by atoms with Crippen LogP contribution in [0, 0.1) is 5.82 Å². The second-order valence-electron chi connectivity index (χ2n) is 7.55. The molecule has 32 heavy (non-hydrogen) atoms. The van der Waals surface area contributed by atoms with E-state index in [-0.39, 0.29) is 23.0 Å². The number of halogens is 1. The van der Waals surface area contributed by atoms with Crippen LogP contribution in [0.3, 0.4) is 0 Å². The van der Waals surface area contributed by atoms with Crippen LogP contribution in [0.5, 0.6) is 5.75 Å². The summed E-state index contributed by atoms with van der Waals surface area (Å²) in [6.45, 7) is 0.355. The third-order valence-electron chi connectivity index (χ3n) is 5.37. The Labute approximate surface area is 186 Å². The van der Waals surface area contributed by atoms with Crippen LogP contribution >= 0.6 is 0 Å². The number of nitrogens with one attached hydrogen (secondary N) is 1. The Morgan fingerprint density at radius 3 is 2.47 bits per heavy atom. The lowest BCUT2D eigenvalue weighted by molar-refractivity contribution is -0.115. The maximum atomic E-state index is 13.3. The van der Waals surface area contributed by atoms with Gasteiger partial charge in [0.25, 0.3) is 10.0 Å². The summed E-state index contributed by atoms with van der Waals surface area (Å²) in [5.41, 5.74) is 2.66. The molecule has 4 rings (SSSR count). The van der Waals surface area contributed by atoms with E-state index in [1.807, 2.05) is 6.07 Å². The van der Waals surface area contributed by atoms with Crippen molar-refractivity contribution >= 4 is 27.3 Å². The molecular weight excluding hydrogens is 431 g/mol. The van der Waals surface area contributed by atoms with Gasteiger partial charge < -0.3 is 10.1 Å². The SMILES string of the molecule is COc1ccc(S(=O)(=O)N2CCCc3ccc(NC(=O)Cc4ccc(F)cc4)cc32)cc1. The lowest BCUT2D eigenvalue weighted by Crippen LogP contribution is -2.35. The predicted octanol–water partition coefficient (Wildman–Crippen LogP) is 4.16. The minimum Gasteiger partial charge on any atom is -0.497 e. The summed E-state index contributed by atoms with van der Waals surface area (Å²) in [5.74, 6) is -0.0481. The molecule has 0 saturated heterocycles. The van der Waals surface area contributed by atoms with Crippen LogP contribution in [-0.2, 0) is 27.7 Å². The van der Waals surface area contributed by atoms with E-state index >= 15 is 0 Å². The Morgan fingerprint density at radius 1 is 1.06 bits per heavy atom. The Kier molecular flexibility index (Phi) is 6.14. The normalized spacial score (nSPS) is 13.4. The molecular formula is C24H23FN2O4S. The third kappa shape index (κ3) is 4.60. The number of methoxy groups -OCH3 is 1. The molecule has 3 aromatic rings. The average molecular weight is 455 g/mol. The van der Waals surface area contributed by atoms with Crippen molar-refractivity contribution in [1.82, 2.24) is 0 Å². The number of benzene rings is 3. The lowest BCUT2D eigenvalue weighted by atomic mass is 10.0. The molecule has 0 aromatic heterocycles. The van der Waals surface area contributed by atoms with Crippen molar-refractivity contribution < 1.29 is 22.3 Å². The number of ether oxygens (including phenoxy) is 1. The van der Waals surface area contributed by atoms with Crippen molar-refractivity contribution in [2.45, 2.75) is 24.2 Å². The molecule has 1 N–H and O–H groups in total. The van der Waals surface area contributed by atoms with Crippen LogP contribution in [0.25, 0.3) is 0 Å². The van der Waals surface area contributed by atoms with Crippen molar-refractivity contribution in [3.63, 3.8) is 0 Å². The van der Waals surface area contributed by atoms with Gasteiger partial charge in [0.05, 0.1) is 24.1 Å². The molecule has 0 saturated carbocycles. The molecule has 3 aromatic carbocycles. The zero-order valence-electron chi connectivity index (χ0n) is 17.5. The summed E-state index contributed by atoms with van der Waals surface area (Å²) in [6.07, 6.45) is 1.55. The zero-order chi connectivity index (χ0) is 22.7. The number of hydrogen-bond acceptors (Lipinski definition) is 4. The summed E-state index contributed by atoms with van der Waals surface area (Å²) in [5, 5.41) is 2.81. The Hall–Kier alpha value is -3.39. The molecule has 166 valence electrons. The number of nitrogens with zero attached hydrogens (tertiary/aromatic N) is 1. The summed E-state index contributed by atoms with van der Waals surface area (Å²) in [4.78, 5) is 12.6. The Bertz CT molecular complexity index is 1230. The first-order chi connectivity index (χ1) is 15.4. The number of carbonyl (C=O) groups is 1. The fourth-order valence-corrected chi connectivity index (χ4v) is 5.27. The van der Waals surface area contributed by atoms with Gasteiger partial charge in [0.1, 0.15) is 11.6 Å². The van der Waals surface area contributed by atoms with Gasteiger partial charge in [-0.1, -0.05) is 18.2 Å². The van der Waals surface area contributed by atoms with Crippen molar-refractivity contribution in [2.75, 3.05) is 23.3 Å². The predicted molar refractivity (Wildman–Crippen MR) is 121 cm³/mol. The van der Waals surface area contributed by atoms with Crippen molar-refractivity contribution in [1.29, 1.82) is 0 Å². The molecule has 1 aliphatic heterocycles. The largest absolute Gasteiger partial charge is 0.497 e. The van der Waals surface area contributed by atoms with Gasteiger partial charge in [0, 0.05) is 12.2 Å². The number of carbonyl (C=O) groups excluding carboxylic acids is 1. The summed E-state index contributed by atoms with van der Waals surface area (Å²) in [7, 11) is -2.24. The van der Waals surface area contributed by atoms with Crippen LogP contribution in [-0.4, -0.2) is 28.0 Å². The molecule has 0 bridgehead atoms. The molecule has 0 aliphatic carbocycles. The molecule has 0 radical (unpaired) electrons. The van der Waals surface area contributed by atoms with Gasteiger partial charge in [-0.05, 0) is 72.5 Å². The number of anilines is 2. The Balaban J connectivity index is 1.57. The summed E-state index contributed by atoms with van der Waals surface area (Å²) >= 11 is 0. The number of amides is 1. The van der Waals surface area contributed by atoms with Crippen molar-refractivity contribution in [3.8, 4) is 5.75 Å². The Morgan fingerprint density at radius 2 is 1.78 bits per heavy atom. The highest BCUT2D eigenvalue weighted by Crippen LogP contribution is 2.34. The van der Waals surface area contributed by atoms with E-state index in [0.29, 0.717) is 35.7 Å². The highest BCUT2D eigenvalue weighted by molar-refractivity contribution is 7.92. The number of fused-ring (bicyclic) bond motifs is 1. The third-order valence-corrected chi connectivity index (χ3v) is 7.20. The standard InChI is InChI=1S/C24H23FN2O4S/c1-31-21-10-12-22(13-11-21)32(29,30)27-14-2-3-18-6-9-20(16-23(18)27)26-24(28)15-17-4-7-19(25)8-5-17/h4-13,16H,2-3,14-15H2,1H3,(H,26,28). The smallest absolute Gasteiger partial charge is 0.264 e. The highest BCUT2D eigenvalue weighted by Gasteiger charge is 2.29. The minimum atomic E-state index is -3.77. The van der Waals surface area contributed by atoms with E-state index in [0.717, 1.165) is 12.0 Å². The first kappa shape index (κ1) is 21.8. The fraction of sp³-hybridized carbons (Fsp3) is 0.208. The molecule has 0 atom stereocenters. The zero-order valence-corrected chi connectivity index (χ0v) is 18.4. The maximum Gasteiger partial charge on any atom is 0.264 e. The topological polar surface area (TPSA) is 75.7 Å². The monoisotopic (exact) mass is 454 g/mol. The van der Waals surface area contributed by atoms with E-state index in [4.69, 9.17) is 4.74 Å². The van der Waals surface area contributed by atoms with E-state index in [1.165, 1.54) is 35.7 Å². The molecule has 0 unspecified atom stereocenters. The van der Waals surface area contributed by atoms with Gasteiger partial charge in [0.15, 0.2) is 0 Å². The van der Waals surface area contributed by atoms with E-state index in [1.54, 1.807) is 36.4 Å². The van der Waals surface area contributed by atoms with Crippen molar-refractivity contribution in [2.24, 2.45) is 0 Å². The van der Waals surface area contributed by atoms with Crippen LogP contribution in [0.15, 0.2) is 71.6 Å². The summed E-state index contributed by atoms with van der Waals surface area (Å²) in [6, 6.07) is 17.3. The number of sulfonamides is 1. The minimum absolute atomic E-state index is 0.0885. The molecule has 0 fully saturated rings. The van der Waals surface area contributed by atoms with E-state index in [9.17, 15) is 17.6 Å². The molecule has 0 spiro atoms. The molecule has 6 nitrogen and oxygen atoms in total. The molecule has 1 amide bonds. The van der Waals surface area contributed by atoms with Crippen molar-refractivity contribution in [3.05, 3.63) is 83.7 Å². The highest BCUT2D eigenvalue weighted by atomic mass is 32.2. The van der Waals surface area contributed by atoms with Crippen LogP contribution < -0.4 is 14.4 Å². The van der Waals surface area contributed by atoms with Crippen LogP contribution in [0.1, 0.15) is 17.5 Å². The van der Waals surface area contributed by atoms with E-state index < -0.39 is 10.0 Å². The van der Waals surface area contributed by atoms with Gasteiger partial charge >= 0.3 is 0 Å². The fourth-order valence-electron chi connectivity index (χ4n) is 3.74. The second-order valence-corrected chi connectivity index (χ2v) is 9.41.